The van der Waals surface area contributed by atoms with Crippen LogP contribution in [0.15, 0.2) is 35.3 Å². The van der Waals surface area contributed by atoms with Gasteiger partial charge in [-0.15, -0.1) is 0 Å². The van der Waals surface area contributed by atoms with Gasteiger partial charge in [0.15, 0.2) is 0 Å². The van der Waals surface area contributed by atoms with Crippen molar-refractivity contribution < 1.29 is 4.79 Å². The minimum absolute atomic E-state index is 0.557. The fraction of sp³-hybridized carbons (Fsp3) is 0.462. The number of aliphatic imine (C=N–C) groups is 1. The van der Waals surface area contributed by atoms with Crippen molar-refractivity contribution in [2.45, 2.75) is 12.8 Å². The van der Waals surface area contributed by atoms with Crippen LogP contribution in [0.25, 0.3) is 0 Å². The van der Waals surface area contributed by atoms with Crippen LogP contribution in [0.1, 0.15) is 12.8 Å². The van der Waals surface area contributed by atoms with Crippen LogP contribution in [0, 0.1) is 5.92 Å². The number of hydrogen-bond acceptors (Lipinski definition) is 3. The van der Waals surface area contributed by atoms with E-state index in [0.717, 1.165) is 25.9 Å². The molecule has 0 N–H and O–H groups in total. The van der Waals surface area contributed by atoms with Gasteiger partial charge in [-0.05, 0) is 30.9 Å². The van der Waals surface area contributed by atoms with E-state index in [4.69, 9.17) is 0 Å². The SMILES string of the molecule is O=C=NCC1CCN(c2ccccc2)CC1. The average Bonchev–Trinajstić information content (AvgIpc) is 2.38. The number of rotatable bonds is 3. The molecule has 0 atom stereocenters. The Balaban J connectivity index is 1.88. The smallest absolute Gasteiger partial charge is 0.234 e. The largest absolute Gasteiger partial charge is 0.372 e. The van der Waals surface area contributed by atoms with Crippen molar-refractivity contribution in [1.82, 2.24) is 0 Å². The fourth-order valence-corrected chi connectivity index (χ4v) is 2.18. The van der Waals surface area contributed by atoms with E-state index in [9.17, 15) is 4.79 Å². The molecule has 0 spiro atoms. The molecule has 1 aromatic rings. The Kier molecular flexibility index (Phi) is 3.73. The van der Waals surface area contributed by atoms with Crippen molar-refractivity contribution in [3.63, 3.8) is 0 Å². The highest BCUT2D eigenvalue weighted by molar-refractivity contribution is 5.46. The quantitative estimate of drug-likeness (QED) is 0.573. The predicted octanol–water partition coefficient (Wildman–Crippen LogP) is 2.24. The zero-order chi connectivity index (χ0) is 11.2. The summed E-state index contributed by atoms with van der Waals surface area (Å²) in [4.78, 5) is 16.1. The Labute approximate surface area is 95.8 Å². The molecule has 1 aromatic carbocycles. The summed E-state index contributed by atoms with van der Waals surface area (Å²) < 4.78 is 0. The van der Waals surface area contributed by atoms with Gasteiger partial charge in [-0.3, -0.25) is 0 Å². The molecule has 0 bridgehead atoms. The van der Waals surface area contributed by atoms with E-state index in [1.165, 1.54) is 5.69 Å². The lowest BCUT2D eigenvalue weighted by atomic mass is 9.96. The average molecular weight is 216 g/mol. The molecule has 84 valence electrons. The molecule has 1 aliphatic rings. The highest BCUT2D eigenvalue weighted by atomic mass is 16.1. The van der Waals surface area contributed by atoms with E-state index < -0.39 is 0 Å². The molecule has 16 heavy (non-hydrogen) atoms. The molecule has 0 aromatic heterocycles. The third-order valence-electron chi connectivity index (χ3n) is 3.15. The van der Waals surface area contributed by atoms with Gasteiger partial charge >= 0.3 is 0 Å². The van der Waals surface area contributed by atoms with Crippen LogP contribution in [0.2, 0.25) is 0 Å². The number of carbonyl (C=O) groups excluding carboxylic acids is 1. The topological polar surface area (TPSA) is 32.7 Å². The van der Waals surface area contributed by atoms with Gasteiger partial charge in [-0.25, -0.2) is 9.79 Å². The van der Waals surface area contributed by atoms with Crippen LogP contribution < -0.4 is 4.90 Å². The lowest BCUT2D eigenvalue weighted by Gasteiger charge is -2.32. The molecule has 3 heteroatoms. The Bertz CT molecular complexity index is 363. The second-order valence-electron chi connectivity index (χ2n) is 4.20. The standard InChI is InChI=1S/C13H16N2O/c16-11-14-10-12-6-8-15(9-7-12)13-4-2-1-3-5-13/h1-5,12H,6-10H2. The van der Waals surface area contributed by atoms with Gasteiger partial charge in [0.1, 0.15) is 0 Å². The first-order chi connectivity index (χ1) is 7.90. The molecule has 0 radical (unpaired) electrons. The molecule has 1 fully saturated rings. The summed E-state index contributed by atoms with van der Waals surface area (Å²) in [5, 5.41) is 0. The minimum atomic E-state index is 0.557. The second-order valence-corrected chi connectivity index (χ2v) is 4.20. The molecule has 0 amide bonds. The number of piperidine rings is 1. The second kappa shape index (κ2) is 5.47. The molecule has 1 saturated heterocycles. The van der Waals surface area contributed by atoms with Crippen LogP contribution in [0.3, 0.4) is 0 Å². The summed E-state index contributed by atoms with van der Waals surface area (Å²) in [7, 11) is 0. The minimum Gasteiger partial charge on any atom is -0.372 e. The number of para-hydroxylation sites is 1. The van der Waals surface area contributed by atoms with E-state index in [2.05, 4.69) is 34.2 Å². The molecule has 1 aliphatic heterocycles. The first kappa shape index (κ1) is 10.9. The molecule has 3 nitrogen and oxygen atoms in total. The Morgan fingerprint density at radius 3 is 2.56 bits per heavy atom. The maximum absolute atomic E-state index is 10.0. The van der Waals surface area contributed by atoms with E-state index in [1.807, 2.05) is 6.07 Å². The molecule has 2 rings (SSSR count). The van der Waals surface area contributed by atoms with E-state index >= 15 is 0 Å². The van der Waals surface area contributed by atoms with Gasteiger partial charge in [-0.1, -0.05) is 18.2 Å². The van der Waals surface area contributed by atoms with Gasteiger partial charge in [0, 0.05) is 18.8 Å². The summed E-state index contributed by atoms with van der Waals surface area (Å²) >= 11 is 0. The lowest BCUT2D eigenvalue weighted by Crippen LogP contribution is -2.34. The zero-order valence-corrected chi connectivity index (χ0v) is 9.30. The molecular formula is C13H16N2O. The molecular weight excluding hydrogens is 200 g/mol. The lowest BCUT2D eigenvalue weighted by molar-refractivity contribution is 0.414. The molecule has 0 saturated carbocycles. The van der Waals surface area contributed by atoms with Crippen LogP contribution in [0.4, 0.5) is 5.69 Å². The molecule has 1 heterocycles. The first-order valence-electron chi connectivity index (χ1n) is 5.74. The summed E-state index contributed by atoms with van der Waals surface area (Å²) in [6, 6.07) is 10.5. The van der Waals surface area contributed by atoms with Gasteiger partial charge in [0.05, 0.1) is 6.54 Å². The van der Waals surface area contributed by atoms with E-state index in [1.54, 1.807) is 6.08 Å². The summed E-state index contributed by atoms with van der Waals surface area (Å²) in [6.07, 6.45) is 3.84. The van der Waals surface area contributed by atoms with Crippen LogP contribution in [-0.2, 0) is 4.79 Å². The Hall–Kier alpha value is -1.60. The highest BCUT2D eigenvalue weighted by Crippen LogP contribution is 2.22. The van der Waals surface area contributed by atoms with Gasteiger partial charge in [0.25, 0.3) is 0 Å². The summed E-state index contributed by atoms with van der Waals surface area (Å²) in [5.74, 6) is 0.557. The molecule has 0 aliphatic carbocycles. The number of hydrogen-bond donors (Lipinski definition) is 0. The monoisotopic (exact) mass is 216 g/mol. The van der Waals surface area contributed by atoms with Crippen molar-refractivity contribution in [1.29, 1.82) is 0 Å². The maximum Gasteiger partial charge on any atom is 0.234 e. The number of anilines is 1. The predicted molar refractivity (Wildman–Crippen MR) is 64.4 cm³/mol. The van der Waals surface area contributed by atoms with Crippen molar-refractivity contribution in [3.05, 3.63) is 30.3 Å². The van der Waals surface area contributed by atoms with Gasteiger partial charge < -0.3 is 4.90 Å². The third-order valence-corrected chi connectivity index (χ3v) is 3.15. The van der Waals surface area contributed by atoms with E-state index in [0.29, 0.717) is 12.5 Å². The van der Waals surface area contributed by atoms with Crippen LogP contribution in [-0.4, -0.2) is 25.7 Å². The van der Waals surface area contributed by atoms with Gasteiger partial charge in [0.2, 0.25) is 6.08 Å². The normalized spacial score (nSPS) is 16.9. The van der Waals surface area contributed by atoms with Crippen LogP contribution in [0.5, 0.6) is 0 Å². The fourth-order valence-electron chi connectivity index (χ4n) is 2.18. The number of benzene rings is 1. The number of nitrogens with zero attached hydrogens (tertiary/aromatic N) is 2. The highest BCUT2D eigenvalue weighted by Gasteiger charge is 2.18. The molecule has 0 unspecified atom stereocenters. The maximum atomic E-state index is 10.0. The van der Waals surface area contributed by atoms with Crippen molar-refractivity contribution in [2.75, 3.05) is 24.5 Å². The Morgan fingerprint density at radius 2 is 1.94 bits per heavy atom. The number of isocyanates is 1. The van der Waals surface area contributed by atoms with E-state index in [-0.39, 0.29) is 0 Å². The Morgan fingerprint density at radius 1 is 1.25 bits per heavy atom. The summed E-state index contributed by atoms with van der Waals surface area (Å²) in [5.41, 5.74) is 1.29. The van der Waals surface area contributed by atoms with Gasteiger partial charge in [-0.2, -0.15) is 0 Å². The first-order valence-corrected chi connectivity index (χ1v) is 5.74. The zero-order valence-electron chi connectivity index (χ0n) is 9.30. The third kappa shape index (κ3) is 2.71. The van der Waals surface area contributed by atoms with Crippen molar-refractivity contribution in [3.8, 4) is 0 Å². The van der Waals surface area contributed by atoms with Crippen molar-refractivity contribution >= 4 is 11.8 Å². The van der Waals surface area contributed by atoms with Crippen molar-refractivity contribution in [2.24, 2.45) is 10.9 Å². The van der Waals surface area contributed by atoms with Crippen LogP contribution >= 0.6 is 0 Å². The summed E-state index contributed by atoms with van der Waals surface area (Å²) in [6.45, 7) is 2.76.